The zero-order valence-electron chi connectivity index (χ0n) is 17.8. The lowest BCUT2D eigenvalue weighted by molar-refractivity contribution is -0.116. The Kier molecular flexibility index (Phi) is 6.42. The Hall–Kier alpha value is -3.01. The highest BCUT2D eigenvalue weighted by molar-refractivity contribution is 6.01. The average molecular weight is 392 g/mol. The van der Waals surface area contributed by atoms with E-state index < -0.39 is 0 Å². The molecule has 1 aromatic heterocycles. The maximum Gasteiger partial charge on any atom is 0.244 e. The fraction of sp³-hybridized carbons (Fsp3) is 0.320. The first-order valence-electron chi connectivity index (χ1n) is 10.1. The molecule has 0 aliphatic heterocycles. The number of ether oxygens (including phenoxy) is 1. The molecule has 1 amide bonds. The van der Waals surface area contributed by atoms with Gasteiger partial charge in [-0.05, 0) is 43.9 Å². The first kappa shape index (κ1) is 20.7. The van der Waals surface area contributed by atoms with Crippen molar-refractivity contribution in [2.45, 2.75) is 34.6 Å². The topological polar surface area (TPSA) is 51.5 Å². The second-order valence-electron chi connectivity index (χ2n) is 7.67. The van der Waals surface area contributed by atoms with E-state index in [0.717, 1.165) is 44.5 Å². The third-order valence-electron chi connectivity index (χ3n) is 4.87. The number of carbonyl (C=O) groups is 1. The summed E-state index contributed by atoms with van der Waals surface area (Å²) in [5.74, 6) is 1.08. The largest absolute Gasteiger partial charge is 0.493 e. The van der Waals surface area contributed by atoms with Gasteiger partial charge in [-0.2, -0.15) is 0 Å². The van der Waals surface area contributed by atoms with E-state index in [1.165, 1.54) is 0 Å². The van der Waals surface area contributed by atoms with Crippen LogP contribution in [0.5, 0.6) is 5.75 Å². The van der Waals surface area contributed by atoms with E-state index in [2.05, 4.69) is 37.4 Å². The number of hydrogen-bond acceptors (Lipinski definition) is 3. The molecule has 0 unspecified atom stereocenters. The summed E-state index contributed by atoms with van der Waals surface area (Å²) >= 11 is 0. The summed E-state index contributed by atoms with van der Waals surface area (Å²) in [6, 6.07) is 12.2. The van der Waals surface area contributed by atoms with Gasteiger partial charge in [-0.3, -0.25) is 4.79 Å². The van der Waals surface area contributed by atoms with E-state index in [1.54, 1.807) is 12.3 Å². The van der Waals surface area contributed by atoms with Crippen LogP contribution in [0.1, 0.15) is 38.8 Å². The summed E-state index contributed by atoms with van der Waals surface area (Å²) in [6.45, 7) is 11.2. The second kappa shape index (κ2) is 8.99. The van der Waals surface area contributed by atoms with Gasteiger partial charge < -0.3 is 14.5 Å². The fourth-order valence-electron chi connectivity index (χ4n) is 3.41. The Morgan fingerprint density at radius 3 is 2.62 bits per heavy atom. The van der Waals surface area contributed by atoms with Crippen molar-refractivity contribution >= 4 is 22.4 Å². The molecule has 0 saturated carbocycles. The quantitative estimate of drug-likeness (QED) is 0.504. The molecule has 1 N–H and O–H groups in total. The predicted octanol–water partition coefficient (Wildman–Crippen LogP) is 5.98. The molecular formula is C25H29NO3. The summed E-state index contributed by atoms with van der Waals surface area (Å²) in [6.07, 6.45) is 3.44. The normalized spacial score (nSPS) is 11.9. The van der Waals surface area contributed by atoms with Crippen molar-refractivity contribution in [2.24, 2.45) is 5.92 Å². The number of aryl methyl sites for hydroxylation is 1. The van der Waals surface area contributed by atoms with Crippen molar-refractivity contribution in [3.05, 3.63) is 59.9 Å². The minimum atomic E-state index is -0.0909. The molecule has 0 saturated heterocycles. The van der Waals surface area contributed by atoms with Gasteiger partial charge >= 0.3 is 0 Å². The second-order valence-corrected chi connectivity index (χ2v) is 7.67. The number of benzene rings is 2. The van der Waals surface area contributed by atoms with E-state index in [0.29, 0.717) is 19.1 Å². The highest BCUT2D eigenvalue weighted by Gasteiger charge is 2.19. The van der Waals surface area contributed by atoms with Crippen LogP contribution >= 0.6 is 0 Å². The molecule has 1 heterocycles. The monoisotopic (exact) mass is 391 g/mol. The number of nitrogens with one attached hydrogen (secondary N) is 1. The van der Waals surface area contributed by atoms with Crippen LogP contribution in [0.3, 0.4) is 0 Å². The lowest BCUT2D eigenvalue weighted by Crippen LogP contribution is -2.25. The van der Waals surface area contributed by atoms with Crippen LogP contribution in [0.25, 0.3) is 27.7 Å². The molecular weight excluding hydrogens is 362 g/mol. The fourth-order valence-corrected chi connectivity index (χ4v) is 3.41. The smallest absolute Gasteiger partial charge is 0.244 e. The van der Waals surface area contributed by atoms with Crippen molar-refractivity contribution < 1.29 is 13.9 Å². The number of fused-ring (bicyclic) bond motifs is 1. The summed E-state index contributed by atoms with van der Waals surface area (Å²) in [5, 5.41) is 3.96. The lowest BCUT2D eigenvalue weighted by atomic mass is 9.96. The molecule has 152 valence electrons. The van der Waals surface area contributed by atoms with Gasteiger partial charge in [0.25, 0.3) is 0 Å². The molecule has 0 spiro atoms. The maximum absolute atomic E-state index is 12.3. The van der Waals surface area contributed by atoms with Gasteiger partial charge in [-0.1, -0.05) is 44.2 Å². The first-order chi connectivity index (χ1) is 13.9. The SMILES string of the molecule is CCOc1c(/C(C)=C/C(=O)NCC(C)C)cc2c(-c3ccccc3)coc2c1C. The van der Waals surface area contributed by atoms with E-state index in [-0.39, 0.29) is 5.91 Å². The standard InChI is InChI=1S/C25H29NO3/c1-6-28-24-18(5)25-21(22(15-29-25)19-10-8-7-9-11-19)13-20(24)17(4)12-23(27)26-14-16(2)3/h7-13,15-16H,6,14H2,1-5H3,(H,26,27)/b17-12+. The van der Waals surface area contributed by atoms with Gasteiger partial charge in [0.2, 0.25) is 5.91 Å². The van der Waals surface area contributed by atoms with Gasteiger partial charge in [0, 0.05) is 34.7 Å². The average Bonchev–Trinajstić information content (AvgIpc) is 3.13. The van der Waals surface area contributed by atoms with Crippen LogP contribution in [-0.4, -0.2) is 19.1 Å². The molecule has 0 fully saturated rings. The molecule has 4 heteroatoms. The molecule has 0 atom stereocenters. The van der Waals surface area contributed by atoms with Gasteiger partial charge in [-0.25, -0.2) is 0 Å². The summed E-state index contributed by atoms with van der Waals surface area (Å²) < 4.78 is 11.9. The molecule has 29 heavy (non-hydrogen) atoms. The number of furan rings is 1. The van der Waals surface area contributed by atoms with Crippen LogP contribution in [-0.2, 0) is 4.79 Å². The van der Waals surface area contributed by atoms with Crippen molar-refractivity contribution in [1.29, 1.82) is 0 Å². The molecule has 3 aromatic rings. The Bertz CT molecular complexity index is 1030. The number of carbonyl (C=O) groups excluding carboxylic acids is 1. The maximum atomic E-state index is 12.3. The number of rotatable bonds is 7. The zero-order chi connectivity index (χ0) is 21.0. The van der Waals surface area contributed by atoms with Crippen LogP contribution in [0.15, 0.2) is 53.2 Å². The van der Waals surface area contributed by atoms with Crippen LogP contribution in [0, 0.1) is 12.8 Å². The van der Waals surface area contributed by atoms with Crippen LogP contribution in [0.4, 0.5) is 0 Å². The van der Waals surface area contributed by atoms with Crippen molar-refractivity contribution in [3.8, 4) is 16.9 Å². The molecule has 4 nitrogen and oxygen atoms in total. The Balaban J connectivity index is 2.11. The summed E-state index contributed by atoms with van der Waals surface area (Å²) in [5.41, 5.74) is 5.65. The molecule has 0 bridgehead atoms. The summed E-state index contributed by atoms with van der Waals surface area (Å²) in [4.78, 5) is 12.3. The predicted molar refractivity (Wildman–Crippen MR) is 119 cm³/mol. The Morgan fingerprint density at radius 1 is 1.24 bits per heavy atom. The third-order valence-corrected chi connectivity index (χ3v) is 4.87. The lowest BCUT2D eigenvalue weighted by Gasteiger charge is -2.15. The van der Waals surface area contributed by atoms with E-state index in [4.69, 9.17) is 9.15 Å². The van der Waals surface area contributed by atoms with E-state index >= 15 is 0 Å². The highest BCUT2D eigenvalue weighted by Crippen LogP contribution is 2.40. The van der Waals surface area contributed by atoms with Gasteiger partial charge in [-0.15, -0.1) is 0 Å². The zero-order valence-corrected chi connectivity index (χ0v) is 17.8. The van der Waals surface area contributed by atoms with Crippen LogP contribution < -0.4 is 10.1 Å². The number of hydrogen-bond donors (Lipinski definition) is 1. The Labute approximate surface area is 172 Å². The molecule has 0 radical (unpaired) electrons. The third kappa shape index (κ3) is 4.53. The minimum Gasteiger partial charge on any atom is -0.493 e. The summed E-state index contributed by atoms with van der Waals surface area (Å²) in [7, 11) is 0. The number of amides is 1. The minimum absolute atomic E-state index is 0.0909. The van der Waals surface area contributed by atoms with Crippen molar-refractivity contribution in [3.63, 3.8) is 0 Å². The molecule has 0 aliphatic carbocycles. The molecule has 2 aromatic carbocycles. The van der Waals surface area contributed by atoms with E-state index in [9.17, 15) is 4.79 Å². The van der Waals surface area contributed by atoms with Crippen molar-refractivity contribution in [1.82, 2.24) is 5.32 Å². The van der Waals surface area contributed by atoms with Gasteiger partial charge in [0.1, 0.15) is 11.3 Å². The molecule has 3 rings (SSSR count). The van der Waals surface area contributed by atoms with E-state index in [1.807, 2.05) is 39.0 Å². The van der Waals surface area contributed by atoms with Gasteiger partial charge in [0.05, 0.1) is 12.9 Å². The van der Waals surface area contributed by atoms with Gasteiger partial charge in [0.15, 0.2) is 0 Å². The van der Waals surface area contributed by atoms with Crippen LogP contribution in [0.2, 0.25) is 0 Å². The first-order valence-corrected chi connectivity index (χ1v) is 10.1. The Morgan fingerprint density at radius 2 is 1.97 bits per heavy atom. The highest BCUT2D eigenvalue weighted by atomic mass is 16.5. The van der Waals surface area contributed by atoms with Crippen molar-refractivity contribution in [2.75, 3.05) is 13.2 Å². The molecule has 0 aliphatic rings. The number of allylic oxidation sites excluding steroid dienone is 1.